The number of benzene rings is 8. The summed E-state index contributed by atoms with van der Waals surface area (Å²) in [6.07, 6.45) is 8.06. The predicted octanol–water partition coefficient (Wildman–Crippen LogP) is 10.8. The topological polar surface area (TPSA) is 363 Å². The maximum atomic E-state index is 9.65. The Bertz CT molecular complexity index is 5860. The van der Waals surface area contributed by atoms with E-state index in [1.54, 1.807) is 72.8 Å². The van der Waals surface area contributed by atoms with E-state index in [1.165, 1.54) is 0 Å². The Kier molecular flexibility index (Phi) is 17.4. The second-order valence-corrected chi connectivity index (χ2v) is 24.4. The summed E-state index contributed by atoms with van der Waals surface area (Å²) in [6.45, 7) is 2.02. The molecule has 7 aromatic heterocycles. The molecular weight excluding hydrogens is 1330 g/mol. The van der Waals surface area contributed by atoms with Gasteiger partial charge in [0.25, 0.3) is 0 Å². The van der Waals surface area contributed by atoms with Crippen molar-refractivity contribution in [1.29, 1.82) is 0 Å². The molecule has 2 radical (unpaired) electrons. The minimum Gasteiger partial charge on any atom is -0.537 e. The Balaban J connectivity index is 0.819. The Labute approximate surface area is 603 Å². The van der Waals surface area contributed by atoms with Crippen LogP contribution in [-0.4, -0.2) is 144 Å². The van der Waals surface area contributed by atoms with Crippen LogP contribution in [0.1, 0.15) is 28.3 Å². The molecule has 17 rings (SSSR count). The van der Waals surface area contributed by atoms with Crippen molar-refractivity contribution < 1.29 is 29.4 Å². The van der Waals surface area contributed by atoms with E-state index >= 15 is 0 Å². The quantitative estimate of drug-likeness (QED) is 0.0461. The summed E-state index contributed by atoms with van der Waals surface area (Å²) in [5.41, 5.74) is 18.9. The molecule has 106 heavy (non-hydrogen) atoms. The SMILES string of the molecule is Cc1ccc(-c2nnc(-c3ccc(-c4c5nc(c(-c6ccc(-c7nnc(-c8ccc(B(O)O)cc8)nn7)cc6)c6ccc([nH]6)c(-c6ccc(-c7nnc(-c8ccc(O[B]O)cc8)nn7)cc6)c6nc(c(-c7ccc(-c8nnc(-c9ccc(O[B]O)cc9)nn8)cc7)c7ccc4[nH]7)C=C6)C=C5)cc3)nn2)cc1. The van der Waals surface area contributed by atoms with Crippen LogP contribution in [0.15, 0.2) is 218 Å². The van der Waals surface area contributed by atoms with Crippen molar-refractivity contribution in [3.05, 3.63) is 247 Å². The third-order valence-corrected chi connectivity index (χ3v) is 17.8. The molecule has 8 aromatic carbocycles. The van der Waals surface area contributed by atoms with Gasteiger partial charge in [0.05, 0.1) is 22.8 Å². The highest BCUT2D eigenvalue weighted by molar-refractivity contribution is 6.58. The maximum absolute atomic E-state index is 9.65. The first-order valence-electron chi connectivity index (χ1n) is 33.0. The Morgan fingerprint density at radius 2 is 0.462 bits per heavy atom. The van der Waals surface area contributed by atoms with E-state index in [0.717, 1.165) is 77.7 Å². The van der Waals surface area contributed by atoms with Crippen LogP contribution in [0.2, 0.25) is 0 Å². The van der Waals surface area contributed by atoms with Gasteiger partial charge >= 0.3 is 22.5 Å². The van der Waals surface area contributed by atoms with Gasteiger partial charge in [-0.15, -0.1) is 81.6 Å². The number of fused-ring (bicyclic) bond motifs is 8. The molecule has 2 aliphatic heterocycles. The summed E-state index contributed by atoms with van der Waals surface area (Å²) >= 11 is 0. The van der Waals surface area contributed by atoms with Gasteiger partial charge in [-0.05, 0) is 132 Å². The van der Waals surface area contributed by atoms with Gasteiger partial charge in [0.1, 0.15) is 11.5 Å². The highest BCUT2D eigenvalue weighted by atomic mass is 16.5. The van der Waals surface area contributed by atoms with Gasteiger partial charge in [0.2, 0.25) is 46.6 Å². The molecule has 0 aliphatic carbocycles. The van der Waals surface area contributed by atoms with Gasteiger partial charge in [-0.2, -0.15) is 0 Å². The molecule has 0 spiro atoms. The lowest BCUT2D eigenvalue weighted by molar-refractivity contribution is 0.425. The van der Waals surface area contributed by atoms with Gasteiger partial charge < -0.3 is 39.4 Å². The lowest BCUT2D eigenvalue weighted by Gasteiger charge is -2.08. The van der Waals surface area contributed by atoms with Crippen LogP contribution in [-0.2, 0) is 0 Å². The number of rotatable bonds is 17. The average Bonchev–Trinajstić information content (AvgIpc) is 1.28. The lowest BCUT2D eigenvalue weighted by Crippen LogP contribution is -2.29. The van der Waals surface area contributed by atoms with E-state index in [1.807, 2.05) is 177 Å². The summed E-state index contributed by atoms with van der Waals surface area (Å²) in [6, 6.07) is 67.7. The van der Waals surface area contributed by atoms with Crippen LogP contribution in [0.5, 0.6) is 11.5 Å². The first kappa shape index (κ1) is 65.1. The summed E-state index contributed by atoms with van der Waals surface area (Å²) in [5.74, 6) is 3.46. The summed E-state index contributed by atoms with van der Waals surface area (Å²) in [5, 5.41) is 109. The van der Waals surface area contributed by atoms with Gasteiger partial charge in [-0.1, -0.05) is 151 Å². The highest BCUT2D eigenvalue weighted by Crippen LogP contribution is 2.40. The molecule has 0 saturated heterocycles. The fourth-order valence-electron chi connectivity index (χ4n) is 12.4. The van der Waals surface area contributed by atoms with Gasteiger partial charge in [0, 0.05) is 88.8 Å². The smallest absolute Gasteiger partial charge is 0.537 e. The van der Waals surface area contributed by atoms with E-state index in [4.69, 9.17) is 29.3 Å². The molecule has 0 unspecified atom stereocenters. The Morgan fingerprint density at radius 1 is 0.264 bits per heavy atom. The van der Waals surface area contributed by atoms with Crippen LogP contribution >= 0.6 is 0 Å². The summed E-state index contributed by atoms with van der Waals surface area (Å²) in [7, 11) is -0.386. The first-order valence-corrected chi connectivity index (χ1v) is 33.0. The molecule has 15 aromatic rings. The van der Waals surface area contributed by atoms with Crippen LogP contribution in [0.3, 0.4) is 0 Å². The van der Waals surface area contributed by atoms with Crippen molar-refractivity contribution in [3.63, 3.8) is 0 Å². The minimum atomic E-state index is -1.61. The van der Waals surface area contributed by atoms with Crippen molar-refractivity contribution in [2.24, 2.45) is 0 Å². The van der Waals surface area contributed by atoms with E-state index in [9.17, 15) is 10.0 Å². The monoisotopic (exact) mass is 1380 g/mol. The van der Waals surface area contributed by atoms with E-state index in [0.29, 0.717) is 135 Å². The number of nitrogens with one attached hydrogen (secondary N) is 2. The van der Waals surface area contributed by atoms with Crippen molar-refractivity contribution in [3.8, 4) is 147 Å². The fourth-order valence-corrected chi connectivity index (χ4v) is 12.4. The molecule has 0 amide bonds. The molecule has 26 nitrogen and oxygen atoms in total. The zero-order valence-corrected chi connectivity index (χ0v) is 55.5. The van der Waals surface area contributed by atoms with E-state index < -0.39 is 7.12 Å². The molecule has 9 heterocycles. The fraction of sp³-hybridized carbons (Fsp3) is 0.0130. The molecule has 0 atom stereocenters. The Hall–Kier alpha value is -14.2. The normalized spacial score (nSPS) is 11.6. The second-order valence-electron chi connectivity index (χ2n) is 24.4. The molecule has 6 N–H and O–H groups in total. The number of nitrogens with zero attached hydrogens (tertiary/aromatic N) is 18. The largest absolute Gasteiger partial charge is 0.569 e. The van der Waals surface area contributed by atoms with Gasteiger partial charge in [-0.25, -0.2) is 9.97 Å². The van der Waals surface area contributed by atoms with Gasteiger partial charge in [-0.3, -0.25) is 0 Å². The van der Waals surface area contributed by atoms with Crippen LogP contribution in [0.25, 0.3) is 182 Å². The molecule has 8 bridgehead atoms. The number of hydrogen-bond acceptors (Lipinski definition) is 24. The Morgan fingerprint density at radius 3 is 0.679 bits per heavy atom. The van der Waals surface area contributed by atoms with Crippen molar-refractivity contribution >= 4 is 74.3 Å². The average molecular weight is 1380 g/mol. The number of hydrogen-bond donors (Lipinski definition) is 6. The lowest BCUT2D eigenvalue weighted by atomic mass is 9.80. The van der Waals surface area contributed by atoms with Crippen LogP contribution in [0, 0.1) is 6.92 Å². The molecule has 29 heteroatoms. The number of H-pyrrole nitrogens is 2. The van der Waals surface area contributed by atoms with Crippen molar-refractivity contribution in [1.82, 2.24) is 102 Å². The van der Waals surface area contributed by atoms with Crippen LogP contribution < -0.4 is 14.8 Å². The summed E-state index contributed by atoms with van der Waals surface area (Å²) < 4.78 is 10.1. The third kappa shape index (κ3) is 13.2. The zero-order chi connectivity index (χ0) is 71.6. The molecule has 502 valence electrons. The predicted molar refractivity (Wildman–Crippen MR) is 401 cm³/mol. The van der Waals surface area contributed by atoms with Crippen molar-refractivity contribution in [2.45, 2.75) is 6.92 Å². The third-order valence-electron chi connectivity index (χ3n) is 17.8. The second kappa shape index (κ2) is 28.3. The summed E-state index contributed by atoms with van der Waals surface area (Å²) in [4.78, 5) is 18.8. The number of aryl methyl sites for hydroxylation is 1. The van der Waals surface area contributed by atoms with E-state index in [2.05, 4.69) is 91.5 Å². The first-order chi connectivity index (χ1) is 52.1. The minimum absolute atomic E-state index is 0.270. The molecule has 0 fully saturated rings. The molecule has 0 saturated carbocycles. The number of aromatic amines is 2. The van der Waals surface area contributed by atoms with Gasteiger partial charge in [0.15, 0.2) is 0 Å². The number of aromatic nitrogens is 20. The zero-order valence-electron chi connectivity index (χ0n) is 55.5. The van der Waals surface area contributed by atoms with Crippen molar-refractivity contribution in [2.75, 3.05) is 0 Å². The molecule has 2 aliphatic rings. The standard InChI is InChI=1S/C77H49B3N20O6/c1-42-2-4-47(5-3-42)70-85-87-71(88-86-70)48-14-6-43(7-15-48)66-58-34-36-60(81-58)67(44-8-16-49(17-9-44)72-89-95-75(96-90-72)52-22-28-55(29-23-52)80(103)104)61-37-39-63(83-61)69(46-12-20-51(21-13-46)74-93-99-77(100-94-74)54-26-32-57(33-27-54)106-79-102)65-41-40-64(84-65)68(62-38-35-59(66)82-62)45-10-18-50(19-11-45)73-91-97-76(98-92-73)53-24-30-56(31-25-53)105-78-101/h2-41,82-83,101-104H,1H3. The maximum Gasteiger partial charge on any atom is 0.569 e. The molecular formula is C77H49B3N20O6. The van der Waals surface area contributed by atoms with E-state index in [-0.39, 0.29) is 5.82 Å². The van der Waals surface area contributed by atoms with Crippen LogP contribution in [0.4, 0.5) is 0 Å². The highest BCUT2D eigenvalue weighted by Gasteiger charge is 2.22.